The van der Waals surface area contributed by atoms with Crippen LogP contribution in [-0.4, -0.2) is 17.7 Å². The first kappa shape index (κ1) is 13.5. The Morgan fingerprint density at radius 3 is 2.94 bits per heavy atom. The molecule has 1 heterocycles. The van der Waals surface area contributed by atoms with E-state index in [1.165, 1.54) is 11.1 Å². The quantitative estimate of drug-likeness (QED) is 0.599. The molecule has 1 unspecified atom stereocenters. The van der Waals surface area contributed by atoms with Crippen molar-refractivity contribution in [3.05, 3.63) is 29.6 Å². The number of rotatable bonds is 6. The molecular weight excluding hydrogens is 226 g/mol. The van der Waals surface area contributed by atoms with Gasteiger partial charge in [0.2, 0.25) is 0 Å². The number of nitrogens with one attached hydrogen (secondary N) is 1. The number of aryl methyl sites for hydroxylation is 1. The van der Waals surface area contributed by atoms with E-state index in [1.807, 2.05) is 18.5 Å². The molecule has 1 aromatic heterocycles. The zero-order valence-corrected chi connectivity index (χ0v) is 11.2. The van der Waals surface area contributed by atoms with E-state index in [0.717, 1.165) is 25.9 Å². The first-order valence-corrected chi connectivity index (χ1v) is 6.72. The van der Waals surface area contributed by atoms with Crippen molar-refractivity contribution in [2.75, 3.05) is 6.61 Å². The molecule has 1 aliphatic rings. The molecule has 0 radical (unpaired) electrons. The summed E-state index contributed by atoms with van der Waals surface area (Å²) in [6.07, 6.45) is 7.58. The molecule has 1 saturated carbocycles. The second kappa shape index (κ2) is 6.27. The molecule has 0 aromatic carbocycles. The summed E-state index contributed by atoms with van der Waals surface area (Å²) < 4.78 is 5.59. The fourth-order valence-corrected chi connectivity index (χ4v) is 2.70. The zero-order chi connectivity index (χ0) is 13.0. The first-order valence-electron chi connectivity index (χ1n) is 6.72. The van der Waals surface area contributed by atoms with E-state index in [4.69, 9.17) is 10.6 Å². The largest absolute Gasteiger partial charge is 0.378 e. The highest BCUT2D eigenvalue weighted by Gasteiger charge is 2.31. The number of aromatic nitrogens is 1. The number of hydrogen-bond acceptors (Lipinski definition) is 4. The van der Waals surface area contributed by atoms with Crippen molar-refractivity contribution in [1.29, 1.82) is 0 Å². The minimum atomic E-state index is 0.200. The topological polar surface area (TPSA) is 60.2 Å². The van der Waals surface area contributed by atoms with Gasteiger partial charge in [0.25, 0.3) is 0 Å². The Bertz CT molecular complexity index is 377. The SMILES string of the molecule is CCOC1CC(CC(NN)c2cnccc2C)C1. The first-order chi connectivity index (χ1) is 8.74. The maximum atomic E-state index is 5.69. The molecule has 1 fully saturated rings. The van der Waals surface area contributed by atoms with Crippen LogP contribution in [0, 0.1) is 12.8 Å². The van der Waals surface area contributed by atoms with Gasteiger partial charge >= 0.3 is 0 Å². The highest BCUT2D eigenvalue weighted by atomic mass is 16.5. The third-order valence-electron chi connectivity index (χ3n) is 3.82. The van der Waals surface area contributed by atoms with Crippen molar-refractivity contribution in [2.24, 2.45) is 11.8 Å². The fourth-order valence-electron chi connectivity index (χ4n) is 2.70. The summed E-state index contributed by atoms with van der Waals surface area (Å²) >= 11 is 0. The summed E-state index contributed by atoms with van der Waals surface area (Å²) in [5, 5.41) is 0. The van der Waals surface area contributed by atoms with Gasteiger partial charge in [0.05, 0.1) is 6.10 Å². The van der Waals surface area contributed by atoms with Crippen molar-refractivity contribution in [3.63, 3.8) is 0 Å². The van der Waals surface area contributed by atoms with Crippen molar-refractivity contribution in [3.8, 4) is 0 Å². The molecule has 0 aliphatic heterocycles. The van der Waals surface area contributed by atoms with Crippen LogP contribution in [-0.2, 0) is 4.74 Å². The zero-order valence-electron chi connectivity index (χ0n) is 11.2. The maximum Gasteiger partial charge on any atom is 0.0580 e. The van der Waals surface area contributed by atoms with E-state index >= 15 is 0 Å². The van der Waals surface area contributed by atoms with Gasteiger partial charge in [-0.15, -0.1) is 0 Å². The van der Waals surface area contributed by atoms with Crippen molar-refractivity contribution < 1.29 is 4.74 Å². The van der Waals surface area contributed by atoms with E-state index in [1.54, 1.807) is 0 Å². The minimum Gasteiger partial charge on any atom is -0.378 e. The molecule has 4 nitrogen and oxygen atoms in total. The van der Waals surface area contributed by atoms with Crippen LogP contribution in [0.2, 0.25) is 0 Å². The number of hydrogen-bond donors (Lipinski definition) is 2. The van der Waals surface area contributed by atoms with Gasteiger partial charge in [-0.3, -0.25) is 16.3 Å². The predicted octanol–water partition coefficient (Wildman–Crippen LogP) is 2.10. The minimum absolute atomic E-state index is 0.200. The molecular formula is C14H23N3O. The lowest BCUT2D eigenvalue weighted by molar-refractivity contribution is -0.0291. The Labute approximate surface area is 109 Å². The summed E-state index contributed by atoms with van der Waals surface area (Å²) in [4.78, 5) is 4.19. The van der Waals surface area contributed by atoms with Crippen LogP contribution in [0.1, 0.15) is 43.4 Å². The van der Waals surface area contributed by atoms with Crippen molar-refractivity contribution in [1.82, 2.24) is 10.4 Å². The predicted molar refractivity (Wildman–Crippen MR) is 71.8 cm³/mol. The fraction of sp³-hybridized carbons (Fsp3) is 0.643. The molecule has 18 heavy (non-hydrogen) atoms. The molecule has 0 spiro atoms. The average Bonchev–Trinajstić information content (AvgIpc) is 2.33. The highest BCUT2D eigenvalue weighted by Crippen LogP contribution is 2.37. The molecule has 1 aliphatic carbocycles. The molecule has 1 aromatic rings. The summed E-state index contributed by atoms with van der Waals surface area (Å²) in [5.74, 6) is 6.40. The Morgan fingerprint density at radius 1 is 1.56 bits per heavy atom. The number of pyridine rings is 1. The lowest BCUT2D eigenvalue weighted by atomic mass is 9.77. The number of nitrogens with two attached hydrogens (primary N) is 1. The molecule has 3 N–H and O–H groups in total. The standard InChI is InChI=1S/C14H23N3O/c1-3-18-12-6-11(7-12)8-14(17-15)13-9-16-5-4-10(13)2/h4-5,9,11-12,14,17H,3,6-8,15H2,1-2H3. The van der Waals surface area contributed by atoms with Gasteiger partial charge in [-0.1, -0.05) is 0 Å². The van der Waals surface area contributed by atoms with Gasteiger partial charge in [0, 0.05) is 25.0 Å². The van der Waals surface area contributed by atoms with Gasteiger partial charge < -0.3 is 4.74 Å². The van der Waals surface area contributed by atoms with Gasteiger partial charge in [0.15, 0.2) is 0 Å². The molecule has 100 valence electrons. The molecule has 1 atom stereocenters. The Hall–Kier alpha value is -0.970. The Balaban J connectivity index is 1.89. The van der Waals surface area contributed by atoms with Crippen LogP contribution in [0.15, 0.2) is 18.5 Å². The summed E-state index contributed by atoms with van der Waals surface area (Å²) in [6, 6.07) is 2.23. The van der Waals surface area contributed by atoms with Gasteiger partial charge in [0.1, 0.15) is 0 Å². The van der Waals surface area contributed by atoms with Gasteiger partial charge in [-0.2, -0.15) is 0 Å². The third kappa shape index (κ3) is 3.07. The van der Waals surface area contributed by atoms with E-state index in [9.17, 15) is 0 Å². The lowest BCUT2D eigenvalue weighted by Crippen LogP contribution is -2.36. The molecule has 2 rings (SSSR count). The molecule has 0 saturated heterocycles. The molecule has 0 bridgehead atoms. The number of hydrazine groups is 1. The second-order valence-corrected chi connectivity index (χ2v) is 5.10. The summed E-state index contributed by atoms with van der Waals surface area (Å²) in [5.41, 5.74) is 5.38. The van der Waals surface area contributed by atoms with E-state index < -0.39 is 0 Å². The Kier molecular flexibility index (Phi) is 4.69. The van der Waals surface area contributed by atoms with Crippen molar-refractivity contribution >= 4 is 0 Å². The lowest BCUT2D eigenvalue weighted by Gasteiger charge is -2.37. The van der Waals surface area contributed by atoms with E-state index in [0.29, 0.717) is 12.0 Å². The van der Waals surface area contributed by atoms with Gasteiger partial charge in [-0.25, -0.2) is 0 Å². The smallest absolute Gasteiger partial charge is 0.0580 e. The van der Waals surface area contributed by atoms with Crippen LogP contribution in [0.5, 0.6) is 0 Å². The van der Waals surface area contributed by atoms with Crippen LogP contribution < -0.4 is 11.3 Å². The second-order valence-electron chi connectivity index (χ2n) is 5.10. The van der Waals surface area contributed by atoms with E-state index in [-0.39, 0.29) is 6.04 Å². The Morgan fingerprint density at radius 2 is 2.33 bits per heavy atom. The highest BCUT2D eigenvalue weighted by molar-refractivity contribution is 5.25. The molecule has 0 amide bonds. The molecule has 4 heteroatoms. The normalized spacial score (nSPS) is 24.6. The maximum absolute atomic E-state index is 5.69. The number of ether oxygens (including phenoxy) is 1. The van der Waals surface area contributed by atoms with Crippen LogP contribution >= 0.6 is 0 Å². The average molecular weight is 249 g/mol. The summed E-state index contributed by atoms with van der Waals surface area (Å²) in [6.45, 7) is 4.97. The van der Waals surface area contributed by atoms with E-state index in [2.05, 4.69) is 24.3 Å². The monoisotopic (exact) mass is 249 g/mol. The van der Waals surface area contributed by atoms with Crippen LogP contribution in [0.4, 0.5) is 0 Å². The van der Waals surface area contributed by atoms with Gasteiger partial charge in [-0.05, 0) is 56.2 Å². The van der Waals surface area contributed by atoms with Crippen molar-refractivity contribution in [2.45, 2.75) is 45.3 Å². The third-order valence-corrected chi connectivity index (χ3v) is 3.82. The van der Waals surface area contributed by atoms with Crippen LogP contribution in [0.25, 0.3) is 0 Å². The number of nitrogens with zero attached hydrogens (tertiary/aromatic N) is 1. The van der Waals surface area contributed by atoms with Crippen LogP contribution in [0.3, 0.4) is 0 Å². The summed E-state index contributed by atoms with van der Waals surface area (Å²) in [7, 11) is 0.